The minimum Gasteiger partial charge on any atom is -0.465 e. The fourth-order valence-corrected chi connectivity index (χ4v) is 4.23. The zero-order chi connectivity index (χ0) is 18.2. The molecule has 0 unspecified atom stereocenters. The van der Waals surface area contributed by atoms with Crippen LogP contribution in [0.5, 0.6) is 0 Å². The summed E-state index contributed by atoms with van der Waals surface area (Å²) in [5.74, 6) is 1.49. The first kappa shape index (κ1) is 15.9. The Morgan fingerprint density at radius 3 is 1.81 bits per heavy atom. The van der Waals surface area contributed by atoms with E-state index in [4.69, 9.17) is 8.83 Å². The quantitative estimate of drug-likeness (QED) is 0.622. The third-order valence-electron chi connectivity index (χ3n) is 5.36. The first-order valence-electron chi connectivity index (χ1n) is 9.19. The van der Waals surface area contributed by atoms with Crippen LogP contribution in [0.15, 0.2) is 87.1 Å². The van der Waals surface area contributed by atoms with E-state index in [0.29, 0.717) is 11.5 Å². The molecular weight excluding hydrogens is 338 g/mol. The molecule has 2 fully saturated rings. The molecule has 0 aliphatic carbocycles. The Bertz CT molecular complexity index is 935. The van der Waals surface area contributed by atoms with Gasteiger partial charge in [0.15, 0.2) is 5.78 Å². The average molecular weight is 357 g/mol. The summed E-state index contributed by atoms with van der Waals surface area (Å²) in [6.45, 7) is 0. The summed E-state index contributed by atoms with van der Waals surface area (Å²) in [4.78, 5) is 15.7. The Kier molecular flexibility index (Phi) is 3.82. The summed E-state index contributed by atoms with van der Waals surface area (Å²) in [5, 5.41) is 0. The first-order chi connectivity index (χ1) is 13.3. The Morgan fingerprint density at radius 2 is 1.33 bits per heavy atom. The van der Waals surface area contributed by atoms with Crippen molar-refractivity contribution in [1.29, 1.82) is 0 Å². The molecule has 4 nitrogen and oxygen atoms in total. The van der Waals surface area contributed by atoms with E-state index < -0.39 is 0 Å². The summed E-state index contributed by atoms with van der Waals surface area (Å²) in [6, 6.07) is 17.9. The van der Waals surface area contributed by atoms with Crippen LogP contribution >= 0.6 is 0 Å². The molecule has 4 heterocycles. The van der Waals surface area contributed by atoms with Gasteiger partial charge in [-0.05, 0) is 61.4 Å². The molecule has 0 radical (unpaired) electrons. The molecule has 3 aromatic rings. The second kappa shape index (κ2) is 6.47. The van der Waals surface area contributed by atoms with E-state index in [2.05, 4.69) is 17.0 Å². The number of rotatable bonds is 3. The Hall–Kier alpha value is -3.27. The Morgan fingerprint density at radius 1 is 0.778 bits per heavy atom. The predicted molar refractivity (Wildman–Crippen MR) is 104 cm³/mol. The van der Waals surface area contributed by atoms with Crippen LogP contribution in [-0.4, -0.2) is 17.9 Å². The number of furan rings is 2. The van der Waals surface area contributed by atoms with Crippen LogP contribution in [0.1, 0.15) is 24.4 Å². The maximum absolute atomic E-state index is 13.4. The number of anilines is 1. The van der Waals surface area contributed by atoms with E-state index in [1.165, 1.54) is 0 Å². The van der Waals surface area contributed by atoms with E-state index in [0.717, 1.165) is 29.7 Å². The lowest BCUT2D eigenvalue weighted by atomic mass is 9.88. The van der Waals surface area contributed by atoms with Gasteiger partial charge in [0, 0.05) is 16.8 Å². The Balaban J connectivity index is 1.65. The monoisotopic (exact) mass is 357 g/mol. The van der Waals surface area contributed by atoms with Crippen molar-refractivity contribution in [2.24, 2.45) is 0 Å². The molecule has 0 spiro atoms. The molecule has 0 saturated carbocycles. The molecule has 1 aromatic carbocycles. The van der Waals surface area contributed by atoms with Gasteiger partial charge in [-0.3, -0.25) is 4.79 Å². The van der Waals surface area contributed by atoms with Crippen molar-refractivity contribution in [2.75, 3.05) is 4.90 Å². The van der Waals surface area contributed by atoms with Crippen LogP contribution in [0.4, 0.5) is 5.69 Å². The van der Waals surface area contributed by atoms with Gasteiger partial charge in [0.05, 0.1) is 24.6 Å². The van der Waals surface area contributed by atoms with Crippen molar-refractivity contribution in [2.45, 2.75) is 24.9 Å². The lowest BCUT2D eigenvalue weighted by Gasteiger charge is -2.39. The minimum atomic E-state index is 0.0590. The number of carbonyl (C=O) groups is 1. The summed E-state index contributed by atoms with van der Waals surface area (Å²) in [5.41, 5.74) is 2.69. The van der Waals surface area contributed by atoms with Crippen LogP contribution < -0.4 is 4.90 Å². The van der Waals surface area contributed by atoms with E-state index in [-0.39, 0.29) is 17.9 Å². The molecule has 0 amide bonds. The molecule has 5 rings (SSSR count). The summed E-state index contributed by atoms with van der Waals surface area (Å²) in [7, 11) is 0. The molecule has 2 bridgehead atoms. The lowest BCUT2D eigenvalue weighted by molar-refractivity contribution is -0.112. The van der Waals surface area contributed by atoms with E-state index in [9.17, 15) is 4.79 Å². The highest BCUT2D eigenvalue weighted by atomic mass is 16.3. The standard InChI is InChI=1S/C23H19NO3/c25-23-19(14-17-8-4-12-26-17)21-10-11-22(20(23)15-18-9-5-13-27-18)24(21)16-6-2-1-3-7-16/h1-9,12-15,21-22H,10-11H2/b19-14+,20-15?/t21-,22+/m0/s1. The van der Waals surface area contributed by atoms with Gasteiger partial charge >= 0.3 is 0 Å². The minimum absolute atomic E-state index is 0.0590. The van der Waals surface area contributed by atoms with Crippen molar-refractivity contribution < 1.29 is 13.6 Å². The fraction of sp³-hybridized carbons (Fsp3) is 0.174. The molecule has 2 aliphatic heterocycles. The molecule has 4 heteroatoms. The molecule has 0 N–H and O–H groups in total. The number of fused-ring (bicyclic) bond motifs is 2. The highest BCUT2D eigenvalue weighted by molar-refractivity contribution is 6.17. The Labute approximate surface area is 157 Å². The number of benzene rings is 1. The number of ketones is 1. The van der Waals surface area contributed by atoms with Gasteiger partial charge in [0.2, 0.25) is 0 Å². The second-order valence-corrected chi connectivity index (χ2v) is 6.91. The fourth-order valence-electron chi connectivity index (χ4n) is 4.23. The number of hydrogen-bond donors (Lipinski definition) is 0. The van der Waals surface area contributed by atoms with Crippen LogP contribution in [0, 0.1) is 0 Å². The number of carbonyl (C=O) groups excluding carboxylic acids is 1. The second-order valence-electron chi connectivity index (χ2n) is 6.91. The third kappa shape index (κ3) is 2.74. The highest BCUT2D eigenvalue weighted by Gasteiger charge is 2.46. The average Bonchev–Trinajstić information content (AvgIpc) is 3.44. The molecule has 134 valence electrons. The van der Waals surface area contributed by atoms with Gasteiger partial charge in [-0.1, -0.05) is 18.2 Å². The van der Waals surface area contributed by atoms with Gasteiger partial charge in [0.25, 0.3) is 0 Å². The molecule has 2 saturated heterocycles. The molecule has 27 heavy (non-hydrogen) atoms. The summed E-state index contributed by atoms with van der Waals surface area (Å²) < 4.78 is 11.0. The third-order valence-corrected chi connectivity index (χ3v) is 5.36. The van der Waals surface area contributed by atoms with Crippen LogP contribution in [0.25, 0.3) is 12.2 Å². The van der Waals surface area contributed by atoms with Gasteiger partial charge in [-0.15, -0.1) is 0 Å². The predicted octanol–water partition coefficient (Wildman–Crippen LogP) is 4.96. The number of piperidine rings is 1. The number of para-hydroxylation sites is 1. The number of Topliss-reactive ketones (excluding diaryl/α,β-unsaturated/α-hetero) is 1. The summed E-state index contributed by atoms with van der Waals surface area (Å²) >= 11 is 0. The molecule has 2 aromatic heterocycles. The lowest BCUT2D eigenvalue weighted by Crippen LogP contribution is -2.46. The SMILES string of the molecule is O=C1C(=Cc2ccco2)[C@H]2CC[C@@H](/C1=C\c1ccco1)N2c1ccccc1. The van der Waals surface area contributed by atoms with Crippen molar-refractivity contribution in [1.82, 2.24) is 0 Å². The van der Waals surface area contributed by atoms with Crippen LogP contribution in [0.2, 0.25) is 0 Å². The van der Waals surface area contributed by atoms with Crippen molar-refractivity contribution in [3.8, 4) is 0 Å². The van der Waals surface area contributed by atoms with Gasteiger partial charge in [-0.25, -0.2) is 0 Å². The van der Waals surface area contributed by atoms with E-state index in [1.807, 2.05) is 54.6 Å². The number of hydrogen-bond acceptors (Lipinski definition) is 4. The highest BCUT2D eigenvalue weighted by Crippen LogP contribution is 2.44. The maximum Gasteiger partial charge on any atom is 0.189 e. The smallest absolute Gasteiger partial charge is 0.189 e. The van der Waals surface area contributed by atoms with Gasteiger partial charge in [-0.2, -0.15) is 0 Å². The zero-order valence-electron chi connectivity index (χ0n) is 14.7. The molecule has 2 aliphatic rings. The van der Waals surface area contributed by atoms with E-state index >= 15 is 0 Å². The topological polar surface area (TPSA) is 46.6 Å². The molecular formula is C23H19NO3. The van der Waals surface area contributed by atoms with Crippen molar-refractivity contribution in [3.63, 3.8) is 0 Å². The first-order valence-corrected chi connectivity index (χ1v) is 9.19. The van der Waals surface area contributed by atoms with Gasteiger partial charge in [0.1, 0.15) is 11.5 Å². The van der Waals surface area contributed by atoms with Crippen LogP contribution in [-0.2, 0) is 4.79 Å². The van der Waals surface area contributed by atoms with Crippen molar-refractivity contribution in [3.05, 3.63) is 89.8 Å². The summed E-state index contributed by atoms with van der Waals surface area (Å²) in [6.07, 6.45) is 8.92. The zero-order valence-corrected chi connectivity index (χ0v) is 14.7. The van der Waals surface area contributed by atoms with Gasteiger partial charge < -0.3 is 13.7 Å². The van der Waals surface area contributed by atoms with Crippen molar-refractivity contribution >= 4 is 23.6 Å². The largest absolute Gasteiger partial charge is 0.465 e. The van der Waals surface area contributed by atoms with Crippen LogP contribution in [0.3, 0.4) is 0 Å². The van der Waals surface area contributed by atoms with E-state index in [1.54, 1.807) is 12.5 Å². The molecule has 2 atom stereocenters. The normalized spacial score (nSPS) is 24.9. The number of nitrogens with zero attached hydrogens (tertiary/aromatic N) is 1. The maximum atomic E-state index is 13.4.